The first kappa shape index (κ1) is 19.7. The molecule has 5 rings (SSSR count). The predicted molar refractivity (Wildman–Crippen MR) is 111 cm³/mol. The van der Waals surface area contributed by atoms with Gasteiger partial charge in [-0.3, -0.25) is 14.4 Å². The Hall–Kier alpha value is -3.22. The van der Waals surface area contributed by atoms with Crippen molar-refractivity contribution in [2.45, 2.75) is 31.3 Å². The second kappa shape index (κ2) is 7.48. The molecule has 0 N–H and O–H groups in total. The Labute approximate surface area is 179 Å². The lowest BCUT2D eigenvalue weighted by molar-refractivity contribution is -0.139. The molecule has 3 heterocycles. The molecule has 3 aliphatic heterocycles. The number of ether oxygens (including phenoxy) is 1. The lowest BCUT2D eigenvalue weighted by Gasteiger charge is -2.44. The standard InChI is InChI=1S/C24H23FN2O4/c25-17-5-7-18(8-6-17)27-15-16(13-22(27)29)23(30)26-11-9-24(10-12-26)14-20(28)19-3-1-2-4-21(19)31-24/h1-8,16H,9-15H2/t16-/m1/s1. The van der Waals surface area contributed by atoms with Gasteiger partial charge in [0.15, 0.2) is 5.78 Å². The number of ketones is 1. The molecule has 0 unspecified atom stereocenters. The van der Waals surface area contributed by atoms with Crippen LogP contribution in [0.4, 0.5) is 10.1 Å². The lowest BCUT2D eigenvalue weighted by Crippen LogP contribution is -2.53. The summed E-state index contributed by atoms with van der Waals surface area (Å²) in [6, 6.07) is 13.0. The number of carbonyl (C=O) groups excluding carboxylic acids is 3. The number of rotatable bonds is 2. The van der Waals surface area contributed by atoms with Gasteiger partial charge in [-0.1, -0.05) is 12.1 Å². The van der Waals surface area contributed by atoms with E-state index in [9.17, 15) is 18.8 Å². The highest BCUT2D eigenvalue weighted by atomic mass is 19.1. The third-order valence-electron chi connectivity index (χ3n) is 6.60. The normalized spacial score (nSPS) is 22.4. The van der Waals surface area contributed by atoms with Crippen molar-refractivity contribution in [2.75, 3.05) is 24.5 Å². The lowest BCUT2D eigenvalue weighted by atomic mass is 9.82. The Morgan fingerprint density at radius 1 is 1.03 bits per heavy atom. The molecule has 1 atom stereocenters. The van der Waals surface area contributed by atoms with Gasteiger partial charge in [-0.25, -0.2) is 4.39 Å². The number of hydrogen-bond donors (Lipinski definition) is 0. The Balaban J connectivity index is 1.23. The summed E-state index contributed by atoms with van der Waals surface area (Å²) in [5, 5.41) is 0. The maximum absolute atomic E-state index is 13.2. The summed E-state index contributed by atoms with van der Waals surface area (Å²) in [7, 11) is 0. The molecule has 7 heteroatoms. The fourth-order valence-electron chi connectivity index (χ4n) is 4.86. The second-order valence-corrected chi connectivity index (χ2v) is 8.59. The van der Waals surface area contributed by atoms with E-state index in [2.05, 4.69) is 0 Å². The Morgan fingerprint density at radius 2 is 1.74 bits per heavy atom. The Bertz CT molecular complexity index is 1040. The molecule has 0 aliphatic carbocycles. The summed E-state index contributed by atoms with van der Waals surface area (Å²) in [5.41, 5.74) is 0.664. The van der Waals surface area contributed by atoms with E-state index in [4.69, 9.17) is 4.74 Å². The van der Waals surface area contributed by atoms with Crippen molar-refractivity contribution < 1.29 is 23.5 Å². The number of anilines is 1. The number of hydrogen-bond acceptors (Lipinski definition) is 4. The van der Waals surface area contributed by atoms with Crippen molar-refractivity contribution in [3.8, 4) is 5.75 Å². The first-order valence-corrected chi connectivity index (χ1v) is 10.6. The molecule has 2 fully saturated rings. The van der Waals surface area contributed by atoms with Crippen molar-refractivity contribution in [1.29, 1.82) is 0 Å². The third-order valence-corrected chi connectivity index (χ3v) is 6.60. The van der Waals surface area contributed by atoms with Crippen LogP contribution in [0, 0.1) is 11.7 Å². The van der Waals surface area contributed by atoms with Gasteiger partial charge >= 0.3 is 0 Å². The van der Waals surface area contributed by atoms with Crippen LogP contribution in [-0.4, -0.2) is 47.7 Å². The Kier molecular flexibility index (Phi) is 4.76. The number of likely N-dealkylation sites (tertiary alicyclic amines) is 1. The summed E-state index contributed by atoms with van der Waals surface area (Å²) in [5.74, 6) is -0.253. The first-order chi connectivity index (χ1) is 14.9. The second-order valence-electron chi connectivity index (χ2n) is 8.59. The number of piperidine rings is 1. The number of halogens is 1. The van der Waals surface area contributed by atoms with Gasteiger partial charge in [0.2, 0.25) is 11.8 Å². The Morgan fingerprint density at radius 3 is 2.48 bits per heavy atom. The number of carbonyl (C=O) groups is 3. The minimum absolute atomic E-state index is 0.0460. The summed E-state index contributed by atoms with van der Waals surface area (Å²) < 4.78 is 19.4. The molecule has 0 bridgehead atoms. The van der Waals surface area contributed by atoms with E-state index < -0.39 is 11.5 Å². The van der Waals surface area contributed by atoms with Crippen molar-refractivity contribution >= 4 is 23.3 Å². The molecular weight excluding hydrogens is 399 g/mol. The van der Waals surface area contributed by atoms with Gasteiger partial charge in [0.1, 0.15) is 17.2 Å². The van der Waals surface area contributed by atoms with Crippen LogP contribution in [0.3, 0.4) is 0 Å². The first-order valence-electron chi connectivity index (χ1n) is 10.6. The third kappa shape index (κ3) is 3.58. The van der Waals surface area contributed by atoms with Crippen molar-refractivity contribution in [3.63, 3.8) is 0 Å². The average molecular weight is 422 g/mol. The molecule has 2 amide bonds. The molecule has 160 valence electrons. The van der Waals surface area contributed by atoms with Crippen molar-refractivity contribution in [1.82, 2.24) is 4.90 Å². The molecule has 2 aromatic carbocycles. The summed E-state index contributed by atoms with van der Waals surface area (Å²) in [6.45, 7) is 1.29. The molecule has 31 heavy (non-hydrogen) atoms. The molecular formula is C24H23FN2O4. The zero-order valence-electron chi connectivity index (χ0n) is 17.1. The van der Waals surface area contributed by atoms with E-state index in [1.807, 2.05) is 18.2 Å². The zero-order chi connectivity index (χ0) is 21.6. The minimum Gasteiger partial charge on any atom is -0.486 e. The molecule has 0 aromatic heterocycles. The monoisotopic (exact) mass is 422 g/mol. The molecule has 0 saturated carbocycles. The molecule has 0 radical (unpaired) electrons. The highest BCUT2D eigenvalue weighted by Crippen LogP contribution is 2.39. The number of amides is 2. The van der Waals surface area contributed by atoms with Crippen LogP contribution in [0.25, 0.3) is 0 Å². The van der Waals surface area contributed by atoms with Crippen LogP contribution in [0.2, 0.25) is 0 Å². The molecule has 3 aliphatic rings. The summed E-state index contributed by atoms with van der Waals surface area (Å²) in [4.78, 5) is 41.5. The van der Waals surface area contributed by atoms with Crippen LogP contribution >= 0.6 is 0 Å². The minimum atomic E-state index is -0.562. The van der Waals surface area contributed by atoms with Crippen LogP contribution < -0.4 is 9.64 Å². The van der Waals surface area contributed by atoms with Crippen LogP contribution in [0.5, 0.6) is 5.75 Å². The van der Waals surface area contributed by atoms with E-state index in [0.29, 0.717) is 55.9 Å². The number of benzene rings is 2. The highest BCUT2D eigenvalue weighted by molar-refractivity contribution is 6.01. The quantitative estimate of drug-likeness (QED) is 0.746. The van der Waals surface area contributed by atoms with Gasteiger partial charge in [0.05, 0.1) is 17.9 Å². The maximum Gasteiger partial charge on any atom is 0.228 e. The van der Waals surface area contributed by atoms with Gasteiger partial charge in [0.25, 0.3) is 0 Å². The largest absolute Gasteiger partial charge is 0.486 e. The van der Waals surface area contributed by atoms with E-state index >= 15 is 0 Å². The fourth-order valence-corrected chi connectivity index (χ4v) is 4.86. The number of fused-ring (bicyclic) bond motifs is 1. The van der Waals surface area contributed by atoms with E-state index in [0.717, 1.165) is 0 Å². The van der Waals surface area contributed by atoms with Crippen molar-refractivity contribution in [3.05, 3.63) is 59.9 Å². The number of nitrogens with zero attached hydrogens (tertiary/aromatic N) is 2. The number of para-hydroxylation sites is 1. The van der Waals surface area contributed by atoms with Gasteiger partial charge in [0, 0.05) is 44.6 Å². The zero-order valence-corrected chi connectivity index (χ0v) is 17.1. The summed E-state index contributed by atoms with van der Waals surface area (Å²) >= 11 is 0. The smallest absolute Gasteiger partial charge is 0.228 e. The van der Waals surface area contributed by atoms with Crippen molar-refractivity contribution in [2.24, 2.45) is 5.92 Å². The van der Waals surface area contributed by atoms with Gasteiger partial charge in [-0.15, -0.1) is 0 Å². The average Bonchev–Trinajstić information content (AvgIpc) is 3.16. The molecule has 2 saturated heterocycles. The topological polar surface area (TPSA) is 66.9 Å². The van der Waals surface area contributed by atoms with E-state index in [1.54, 1.807) is 28.0 Å². The van der Waals surface area contributed by atoms with Crippen LogP contribution in [0.1, 0.15) is 36.0 Å². The molecule has 1 spiro atoms. The van der Waals surface area contributed by atoms with Gasteiger partial charge < -0.3 is 14.5 Å². The van der Waals surface area contributed by atoms with Gasteiger partial charge in [-0.2, -0.15) is 0 Å². The van der Waals surface area contributed by atoms with Gasteiger partial charge in [-0.05, 0) is 36.4 Å². The molecule has 2 aromatic rings. The maximum atomic E-state index is 13.2. The SMILES string of the molecule is O=C1CC2(CCN(C(=O)[C@@H]3CC(=O)N(c4ccc(F)cc4)C3)CC2)Oc2ccccc21. The highest BCUT2D eigenvalue weighted by Gasteiger charge is 2.45. The van der Waals surface area contributed by atoms with Crippen LogP contribution in [-0.2, 0) is 9.59 Å². The number of Topliss-reactive ketones (excluding diaryl/α,β-unsaturated/α-hetero) is 1. The van der Waals surface area contributed by atoms with Crippen LogP contribution in [0.15, 0.2) is 48.5 Å². The van der Waals surface area contributed by atoms with E-state index in [-0.39, 0.29) is 29.8 Å². The molecule has 6 nitrogen and oxygen atoms in total. The predicted octanol–water partition coefficient (Wildman–Crippen LogP) is 3.21. The summed E-state index contributed by atoms with van der Waals surface area (Å²) in [6.07, 6.45) is 1.65. The fraction of sp³-hybridized carbons (Fsp3) is 0.375. The van der Waals surface area contributed by atoms with E-state index in [1.165, 1.54) is 12.1 Å².